The molecule has 1 fully saturated rings. The van der Waals surface area contributed by atoms with Crippen LogP contribution in [-0.4, -0.2) is 56.6 Å². The van der Waals surface area contributed by atoms with Crippen molar-refractivity contribution in [3.63, 3.8) is 0 Å². The van der Waals surface area contributed by atoms with Gasteiger partial charge < -0.3 is 19.6 Å². The Labute approximate surface area is 199 Å². The molecule has 3 atom stereocenters. The molecule has 0 bridgehead atoms. The Hall–Kier alpha value is -3.46. The number of rotatable bonds is 2. The van der Waals surface area contributed by atoms with Crippen molar-refractivity contribution in [2.45, 2.75) is 30.9 Å². The number of piperazine rings is 1. The number of carbonyl (C=O) groups excluding carboxylic acids is 1. The third kappa shape index (κ3) is 3.34. The number of ether oxygens (including phenoxy) is 1. The van der Waals surface area contributed by atoms with Crippen LogP contribution < -0.4 is 9.64 Å². The van der Waals surface area contributed by atoms with Gasteiger partial charge in [0.25, 0.3) is 0 Å². The molecule has 0 aliphatic carbocycles. The van der Waals surface area contributed by atoms with Gasteiger partial charge in [0.1, 0.15) is 40.5 Å². The molecule has 5 rings (SSSR count). The van der Waals surface area contributed by atoms with Crippen molar-refractivity contribution in [3.8, 4) is 22.6 Å². The van der Waals surface area contributed by atoms with E-state index in [0.717, 1.165) is 6.07 Å². The lowest BCUT2D eigenvalue weighted by molar-refractivity contribution is -0.130. The Morgan fingerprint density at radius 3 is 2.88 bits per heavy atom. The SMILES string of the molecule is C=CC(=O)N1C(Cl)[C@@H]2CCOc3cc(-c4c(O)cccc4F)c(F)c4ncnc(c34)N2C[C@H]1C. The van der Waals surface area contributed by atoms with Gasteiger partial charge >= 0.3 is 0 Å². The predicted octanol–water partition coefficient (Wildman–Crippen LogP) is 4.22. The Balaban J connectivity index is 1.71. The summed E-state index contributed by atoms with van der Waals surface area (Å²) < 4.78 is 36.3. The average Bonchev–Trinajstić information content (AvgIpc) is 2.80. The second-order valence-electron chi connectivity index (χ2n) is 8.32. The van der Waals surface area contributed by atoms with Crippen molar-refractivity contribution in [3.05, 3.63) is 54.9 Å². The summed E-state index contributed by atoms with van der Waals surface area (Å²) in [6.07, 6.45) is 2.90. The topological polar surface area (TPSA) is 78.8 Å². The first-order valence-electron chi connectivity index (χ1n) is 10.8. The summed E-state index contributed by atoms with van der Waals surface area (Å²) in [6, 6.07) is 4.51. The molecule has 7 nitrogen and oxygen atoms in total. The minimum absolute atomic E-state index is 0.0656. The normalized spacial score (nSPS) is 21.9. The number of aromatic hydroxyl groups is 1. The summed E-state index contributed by atoms with van der Waals surface area (Å²) in [5.41, 5.74) is -1.19. The monoisotopic (exact) mass is 486 g/mol. The summed E-state index contributed by atoms with van der Waals surface area (Å²) in [5.74, 6) is -1.56. The number of phenolic OH excluding ortho intramolecular Hbond substituents is 1. The molecular weight excluding hydrogens is 466 g/mol. The number of benzene rings is 2. The fraction of sp³-hybridized carbons (Fsp3) is 0.292. The number of alkyl halides is 1. The molecule has 0 radical (unpaired) electrons. The molecule has 0 saturated carbocycles. The zero-order valence-corrected chi connectivity index (χ0v) is 19.0. The highest BCUT2D eigenvalue weighted by Crippen LogP contribution is 2.44. The van der Waals surface area contributed by atoms with Gasteiger partial charge in [-0.05, 0) is 31.2 Å². The molecule has 1 aromatic heterocycles. The van der Waals surface area contributed by atoms with E-state index in [9.17, 15) is 14.3 Å². The fourth-order valence-electron chi connectivity index (χ4n) is 4.81. The lowest BCUT2D eigenvalue weighted by Gasteiger charge is -2.49. The maximum atomic E-state index is 15.7. The van der Waals surface area contributed by atoms with Gasteiger partial charge in [-0.25, -0.2) is 18.7 Å². The van der Waals surface area contributed by atoms with E-state index in [1.165, 1.54) is 30.6 Å². The van der Waals surface area contributed by atoms with Crippen molar-refractivity contribution in [2.24, 2.45) is 0 Å². The highest BCUT2D eigenvalue weighted by atomic mass is 35.5. The maximum absolute atomic E-state index is 15.7. The van der Waals surface area contributed by atoms with Gasteiger partial charge in [0, 0.05) is 24.6 Å². The number of nitrogens with zero attached hydrogens (tertiary/aromatic N) is 4. The number of amides is 1. The zero-order valence-electron chi connectivity index (χ0n) is 18.2. The quantitative estimate of drug-likeness (QED) is 0.332. The number of hydrogen-bond acceptors (Lipinski definition) is 6. The largest absolute Gasteiger partial charge is 0.507 e. The smallest absolute Gasteiger partial charge is 0.247 e. The van der Waals surface area contributed by atoms with Gasteiger partial charge in [0.2, 0.25) is 5.91 Å². The third-order valence-corrected chi connectivity index (χ3v) is 6.85. The molecule has 1 amide bonds. The fourth-order valence-corrected chi connectivity index (χ4v) is 5.36. The average molecular weight is 487 g/mol. The van der Waals surface area contributed by atoms with Crippen molar-refractivity contribution in [2.75, 3.05) is 18.1 Å². The second-order valence-corrected chi connectivity index (χ2v) is 8.77. The number of halogens is 3. The summed E-state index contributed by atoms with van der Waals surface area (Å²) >= 11 is 6.76. The summed E-state index contributed by atoms with van der Waals surface area (Å²) in [7, 11) is 0. The van der Waals surface area contributed by atoms with Gasteiger partial charge in [0.05, 0.1) is 23.6 Å². The molecule has 2 aliphatic rings. The highest BCUT2D eigenvalue weighted by molar-refractivity contribution is 6.22. The molecule has 2 aliphatic heterocycles. The van der Waals surface area contributed by atoms with Crippen LogP contribution in [0.5, 0.6) is 11.5 Å². The Morgan fingerprint density at radius 1 is 1.35 bits per heavy atom. The van der Waals surface area contributed by atoms with Crippen LogP contribution in [-0.2, 0) is 4.79 Å². The van der Waals surface area contributed by atoms with Crippen molar-refractivity contribution in [1.29, 1.82) is 0 Å². The standard InChI is InChI=1S/C24H21ClF2N4O3/c1-3-18(33)31-12(2)10-30-15(23(31)25)7-8-34-17-9-13(19-14(26)5-4-6-16(19)32)21(27)22-20(17)24(30)29-11-28-22/h3-6,9,11-12,15,23,32H,1,7-8,10H2,2H3/t12-,15+,23?/m1/s1. The van der Waals surface area contributed by atoms with Crippen molar-refractivity contribution in [1.82, 2.24) is 14.9 Å². The lowest BCUT2D eigenvalue weighted by Crippen LogP contribution is -2.63. The van der Waals surface area contributed by atoms with Crippen LogP contribution in [0.15, 0.2) is 43.2 Å². The molecule has 3 aromatic rings. The van der Waals surface area contributed by atoms with Gasteiger partial charge in [-0.3, -0.25) is 4.79 Å². The van der Waals surface area contributed by atoms with E-state index >= 15 is 4.39 Å². The van der Waals surface area contributed by atoms with Gasteiger partial charge in [-0.2, -0.15) is 0 Å². The van der Waals surface area contributed by atoms with Crippen LogP contribution in [0.4, 0.5) is 14.6 Å². The molecule has 3 heterocycles. The first-order chi connectivity index (χ1) is 16.3. The summed E-state index contributed by atoms with van der Waals surface area (Å²) in [5, 5.41) is 10.6. The minimum atomic E-state index is -0.806. The van der Waals surface area contributed by atoms with E-state index in [-0.39, 0.29) is 47.0 Å². The van der Waals surface area contributed by atoms with E-state index in [0.29, 0.717) is 24.2 Å². The van der Waals surface area contributed by atoms with Gasteiger partial charge in [0.15, 0.2) is 5.82 Å². The first kappa shape index (κ1) is 22.3. The summed E-state index contributed by atoms with van der Waals surface area (Å²) in [4.78, 5) is 24.5. The molecule has 176 valence electrons. The molecule has 1 N–H and O–H groups in total. The number of phenols is 1. The number of fused-ring (bicyclic) bond motifs is 2. The van der Waals surface area contributed by atoms with Crippen LogP contribution >= 0.6 is 11.6 Å². The van der Waals surface area contributed by atoms with E-state index < -0.39 is 22.9 Å². The number of aromatic nitrogens is 2. The molecule has 0 spiro atoms. The summed E-state index contributed by atoms with van der Waals surface area (Å²) in [6.45, 7) is 6.03. The van der Waals surface area contributed by atoms with Gasteiger partial charge in [-0.1, -0.05) is 24.2 Å². The van der Waals surface area contributed by atoms with E-state index in [2.05, 4.69) is 16.5 Å². The number of carbonyl (C=O) groups is 1. The Bertz CT molecular complexity index is 1300. The molecule has 2 aromatic carbocycles. The second kappa shape index (κ2) is 8.39. The van der Waals surface area contributed by atoms with Crippen LogP contribution in [0.3, 0.4) is 0 Å². The highest BCUT2D eigenvalue weighted by Gasteiger charge is 2.43. The zero-order chi connectivity index (χ0) is 24.1. The van der Waals surface area contributed by atoms with Crippen LogP contribution in [0, 0.1) is 11.6 Å². The third-order valence-electron chi connectivity index (χ3n) is 6.35. The number of hydrogen-bond donors (Lipinski definition) is 1. The Morgan fingerprint density at radius 2 is 2.15 bits per heavy atom. The lowest BCUT2D eigenvalue weighted by atomic mass is 9.98. The van der Waals surface area contributed by atoms with Gasteiger partial charge in [-0.15, -0.1) is 0 Å². The van der Waals surface area contributed by atoms with E-state index in [4.69, 9.17) is 16.3 Å². The van der Waals surface area contributed by atoms with E-state index in [1.54, 1.807) is 4.90 Å². The molecule has 1 unspecified atom stereocenters. The minimum Gasteiger partial charge on any atom is -0.507 e. The maximum Gasteiger partial charge on any atom is 0.247 e. The molecule has 34 heavy (non-hydrogen) atoms. The molecule has 10 heteroatoms. The van der Waals surface area contributed by atoms with Crippen LogP contribution in [0.1, 0.15) is 13.3 Å². The van der Waals surface area contributed by atoms with E-state index in [1.807, 2.05) is 11.8 Å². The first-order valence-corrected chi connectivity index (χ1v) is 11.2. The van der Waals surface area contributed by atoms with Crippen molar-refractivity contribution < 1.29 is 23.4 Å². The molecule has 1 saturated heterocycles. The van der Waals surface area contributed by atoms with Crippen molar-refractivity contribution >= 4 is 34.2 Å². The molecular formula is C24H21ClF2N4O3. The Kier molecular flexibility index (Phi) is 5.51. The van der Waals surface area contributed by atoms with Crippen LogP contribution in [0.25, 0.3) is 22.0 Å². The predicted molar refractivity (Wildman–Crippen MR) is 124 cm³/mol. The van der Waals surface area contributed by atoms with Crippen LogP contribution in [0.2, 0.25) is 0 Å². The number of anilines is 1.